The van der Waals surface area contributed by atoms with Gasteiger partial charge in [0.2, 0.25) is 0 Å². The summed E-state index contributed by atoms with van der Waals surface area (Å²) in [7, 11) is 0. The molecule has 0 aromatic heterocycles. The Balaban J connectivity index is 3.32. The lowest BCUT2D eigenvalue weighted by Gasteiger charge is -1.99. The summed E-state index contributed by atoms with van der Waals surface area (Å²) in [5, 5.41) is 8.28. The van der Waals surface area contributed by atoms with E-state index in [2.05, 4.69) is 12.6 Å². The number of thiol groups is 1. The van der Waals surface area contributed by atoms with Crippen molar-refractivity contribution >= 4 is 18.6 Å². The third kappa shape index (κ3) is 2.91. The summed E-state index contributed by atoms with van der Waals surface area (Å²) in [6, 6.07) is 0. The van der Waals surface area contributed by atoms with Crippen LogP contribution in [0, 0.1) is 5.92 Å². The number of hydrogen-bond acceptors (Lipinski definition) is 2. The van der Waals surface area contributed by atoms with Crippen molar-refractivity contribution in [3.8, 4) is 0 Å². The van der Waals surface area contributed by atoms with Crippen molar-refractivity contribution in [2.75, 3.05) is 5.75 Å². The zero-order valence-electron chi connectivity index (χ0n) is 4.79. The lowest BCUT2D eigenvalue weighted by Crippen LogP contribution is -2.09. The zero-order chi connectivity index (χ0) is 6.57. The fraction of sp³-hybridized carbons (Fsp3) is 0.800. The maximum Gasteiger partial charge on any atom is 0.306 e. The van der Waals surface area contributed by atoms with Crippen molar-refractivity contribution in [3.05, 3.63) is 0 Å². The van der Waals surface area contributed by atoms with Gasteiger partial charge in [-0.25, -0.2) is 0 Å². The molecule has 0 fully saturated rings. The van der Waals surface area contributed by atoms with Crippen molar-refractivity contribution in [2.45, 2.75) is 13.3 Å². The third-order valence-electron chi connectivity index (χ3n) is 0.984. The molecule has 0 radical (unpaired) electrons. The fourth-order valence-electron chi connectivity index (χ4n) is 0.317. The number of aliphatic carboxylic acids is 1. The van der Waals surface area contributed by atoms with E-state index in [-0.39, 0.29) is 5.92 Å². The van der Waals surface area contributed by atoms with Crippen LogP contribution in [0.1, 0.15) is 13.3 Å². The highest BCUT2D eigenvalue weighted by Crippen LogP contribution is 2.01. The predicted molar refractivity (Wildman–Crippen MR) is 35.3 cm³/mol. The van der Waals surface area contributed by atoms with E-state index >= 15 is 0 Å². The van der Waals surface area contributed by atoms with Crippen LogP contribution >= 0.6 is 12.6 Å². The molecule has 0 heterocycles. The Bertz CT molecular complexity index is 82.5. The van der Waals surface area contributed by atoms with E-state index in [1.165, 1.54) is 0 Å². The van der Waals surface area contributed by atoms with E-state index < -0.39 is 5.97 Å². The lowest BCUT2D eigenvalue weighted by atomic mass is 10.1. The Morgan fingerprint density at radius 3 is 2.50 bits per heavy atom. The predicted octanol–water partition coefficient (Wildman–Crippen LogP) is 1.03. The third-order valence-corrected chi connectivity index (χ3v) is 1.24. The molecule has 0 saturated heterocycles. The number of carboxylic acid groups (broad SMARTS) is 1. The Hall–Kier alpha value is -0.180. The molecule has 0 aliphatic carbocycles. The molecule has 2 nitrogen and oxygen atoms in total. The molecule has 1 atom stereocenters. The molecule has 0 rings (SSSR count). The van der Waals surface area contributed by atoms with E-state index in [1.807, 2.05) is 0 Å². The smallest absolute Gasteiger partial charge is 0.306 e. The van der Waals surface area contributed by atoms with Gasteiger partial charge in [-0.1, -0.05) is 6.92 Å². The molecule has 3 heteroatoms. The molecule has 0 aliphatic heterocycles. The van der Waals surface area contributed by atoms with Gasteiger partial charge in [0.05, 0.1) is 5.92 Å². The standard InChI is InChI=1S/C5H10O2S/c1-4(2-3-8)5(6)7/h4,8H,2-3H2,1H3,(H,6,7)/t4-/m0/s1. The highest BCUT2D eigenvalue weighted by atomic mass is 32.1. The molecule has 0 aromatic carbocycles. The van der Waals surface area contributed by atoms with Crippen LogP contribution in [0.3, 0.4) is 0 Å². The van der Waals surface area contributed by atoms with Gasteiger partial charge in [-0.3, -0.25) is 4.79 Å². The summed E-state index contributed by atoms with van der Waals surface area (Å²) in [6.07, 6.45) is 0.651. The normalized spacial score (nSPS) is 13.2. The summed E-state index contributed by atoms with van der Waals surface area (Å²) in [6.45, 7) is 1.68. The van der Waals surface area contributed by atoms with Crippen molar-refractivity contribution in [2.24, 2.45) is 5.92 Å². The van der Waals surface area contributed by atoms with Crippen LogP contribution in [0.5, 0.6) is 0 Å². The van der Waals surface area contributed by atoms with E-state index in [0.717, 1.165) is 0 Å². The molecule has 0 unspecified atom stereocenters. The molecule has 1 N–H and O–H groups in total. The molecule has 0 aromatic rings. The van der Waals surface area contributed by atoms with Crippen molar-refractivity contribution in [3.63, 3.8) is 0 Å². The number of carbonyl (C=O) groups is 1. The second-order valence-corrected chi connectivity index (χ2v) is 2.20. The van der Waals surface area contributed by atoms with Crippen molar-refractivity contribution in [1.29, 1.82) is 0 Å². The van der Waals surface area contributed by atoms with Crippen molar-refractivity contribution < 1.29 is 9.90 Å². The molecular formula is C5H10O2S. The summed E-state index contributed by atoms with van der Waals surface area (Å²) in [5.74, 6) is -0.334. The second-order valence-electron chi connectivity index (χ2n) is 1.75. The minimum absolute atomic E-state index is 0.243. The van der Waals surface area contributed by atoms with Gasteiger partial charge < -0.3 is 5.11 Å². The topological polar surface area (TPSA) is 37.3 Å². The monoisotopic (exact) mass is 134 g/mol. The van der Waals surface area contributed by atoms with Gasteiger partial charge in [-0.2, -0.15) is 12.6 Å². The minimum atomic E-state index is -0.737. The second kappa shape index (κ2) is 3.78. The first-order chi connectivity index (χ1) is 3.68. The molecule has 0 spiro atoms. The minimum Gasteiger partial charge on any atom is -0.481 e. The van der Waals surface area contributed by atoms with Crippen LogP contribution in [0.25, 0.3) is 0 Å². The molecule has 0 bridgehead atoms. The molecule has 8 heavy (non-hydrogen) atoms. The van der Waals surface area contributed by atoms with Gasteiger partial charge in [0.1, 0.15) is 0 Å². The zero-order valence-corrected chi connectivity index (χ0v) is 5.69. The Morgan fingerprint density at radius 1 is 1.88 bits per heavy atom. The van der Waals surface area contributed by atoms with Gasteiger partial charge in [-0.15, -0.1) is 0 Å². The summed E-state index contributed by atoms with van der Waals surface area (Å²) >= 11 is 3.89. The van der Waals surface area contributed by atoms with Gasteiger partial charge in [-0.05, 0) is 12.2 Å². The first-order valence-electron chi connectivity index (χ1n) is 2.52. The number of hydrogen-bond donors (Lipinski definition) is 2. The first-order valence-corrected chi connectivity index (χ1v) is 3.15. The van der Waals surface area contributed by atoms with Crippen LogP contribution in [-0.4, -0.2) is 16.8 Å². The van der Waals surface area contributed by atoms with Crippen LogP contribution in [0.15, 0.2) is 0 Å². The lowest BCUT2D eigenvalue weighted by molar-refractivity contribution is -0.141. The summed E-state index contributed by atoms with van der Waals surface area (Å²) < 4.78 is 0. The van der Waals surface area contributed by atoms with E-state index in [0.29, 0.717) is 12.2 Å². The molecule has 0 saturated carbocycles. The maximum absolute atomic E-state index is 10.1. The van der Waals surface area contributed by atoms with Gasteiger partial charge in [0, 0.05) is 0 Å². The van der Waals surface area contributed by atoms with Crippen LogP contribution < -0.4 is 0 Å². The Kier molecular flexibility index (Phi) is 3.69. The first kappa shape index (κ1) is 7.82. The fourth-order valence-corrected chi connectivity index (χ4v) is 0.704. The summed E-state index contributed by atoms with van der Waals surface area (Å²) in [4.78, 5) is 10.1. The Labute approximate surface area is 54.3 Å². The Morgan fingerprint density at radius 2 is 2.38 bits per heavy atom. The number of rotatable bonds is 3. The van der Waals surface area contributed by atoms with Crippen LogP contribution in [0.2, 0.25) is 0 Å². The number of carboxylic acids is 1. The maximum atomic E-state index is 10.1. The van der Waals surface area contributed by atoms with E-state index in [4.69, 9.17) is 5.11 Å². The van der Waals surface area contributed by atoms with Gasteiger partial charge in [0.25, 0.3) is 0 Å². The SMILES string of the molecule is C[C@@H](CCS)C(=O)O. The highest BCUT2D eigenvalue weighted by Gasteiger charge is 2.07. The van der Waals surface area contributed by atoms with Crippen LogP contribution in [0.4, 0.5) is 0 Å². The molecule has 0 amide bonds. The molecule has 48 valence electrons. The quantitative estimate of drug-likeness (QED) is 0.566. The van der Waals surface area contributed by atoms with E-state index in [9.17, 15) is 4.79 Å². The van der Waals surface area contributed by atoms with Crippen LogP contribution in [-0.2, 0) is 4.79 Å². The van der Waals surface area contributed by atoms with Gasteiger partial charge >= 0.3 is 5.97 Å². The highest BCUT2D eigenvalue weighted by molar-refractivity contribution is 7.80. The van der Waals surface area contributed by atoms with Crippen molar-refractivity contribution in [1.82, 2.24) is 0 Å². The average molecular weight is 134 g/mol. The summed E-state index contributed by atoms with van der Waals surface area (Å²) in [5.41, 5.74) is 0. The van der Waals surface area contributed by atoms with E-state index in [1.54, 1.807) is 6.92 Å². The average Bonchev–Trinajstić information content (AvgIpc) is 1.67. The van der Waals surface area contributed by atoms with Gasteiger partial charge in [0.15, 0.2) is 0 Å². The molecular weight excluding hydrogens is 124 g/mol. The largest absolute Gasteiger partial charge is 0.481 e. The molecule has 0 aliphatic rings.